The molecule has 0 aliphatic carbocycles. The first kappa shape index (κ1) is 12.0. The Morgan fingerprint density at radius 1 is 1.38 bits per heavy atom. The fourth-order valence-corrected chi connectivity index (χ4v) is 3.36. The van der Waals surface area contributed by atoms with Crippen LogP contribution in [0.15, 0.2) is 11.4 Å². The van der Waals surface area contributed by atoms with Crippen molar-refractivity contribution in [2.24, 2.45) is 5.73 Å². The number of piperazine rings is 1. The van der Waals surface area contributed by atoms with Gasteiger partial charge < -0.3 is 10.6 Å². The molecule has 4 heteroatoms. The molecular formula is C12H21N3S. The molecule has 0 saturated carbocycles. The Morgan fingerprint density at radius 3 is 2.56 bits per heavy atom. The lowest BCUT2D eigenvalue weighted by molar-refractivity contribution is 0.116. The topological polar surface area (TPSA) is 32.5 Å². The van der Waals surface area contributed by atoms with Gasteiger partial charge in [0.25, 0.3) is 0 Å². The molecule has 0 bridgehead atoms. The Balaban J connectivity index is 2.08. The zero-order chi connectivity index (χ0) is 11.5. The van der Waals surface area contributed by atoms with Crippen LogP contribution in [0.25, 0.3) is 0 Å². The van der Waals surface area contributed by atoms with E-state index in [1.54, 1.807) is 0 Å². The van der Waals surface area contributed by atoms with E-state index in [1.165, 1.54) is 10.4 Å². The normalized spacial score (nSPS) is 21.2. The maximum Gasteiger partial charge on any atom is 0.0567 e. The standard InChI is InChI=1S/C12H21N3S/c1-10-3-8-16-12(10)11(9-13)15-6-4-14(2)5-7-15/h3,8,11H,4-7,9,13H2,1-2H3. The van der Waals surface area contributed by atoms with Gasteiger partial charge in [0.1, 0.15) is 0 Å². The largest absolute Gasteiger partial charge is 0.329 e. The van der Waals surface area contributed by atoms with Crippen molar-refractivity contribution in [1.29, 1.82) is 0 Å². The summed E-state index contributed by atoms with van der Waals surface area (Å²) < 4.78 is 0. The Kier molecular flexibility index (Phi) is 3.97. The highest BCUT2D eigenvalue weighted by atomic mass is 32.1. The van der Waals surface area contributed by atoms with Crippen LogP contribution in [0.4, 0.5) is 0 Å². The summed E-state index contributed by atoms with van der Waals surface area (Å²) in [6.07, 6.45) is 0. The minimum absolute atomic E-state index is 0.425. The van der Waals surface area contributed by atoms with Gasteiger partial charge in [-0.1, -0.05) is 0 Å². The third kappa shape index (κ3) is 2.46. The Labute approximate surface area is 102 Å². The van der Waals surface area contributed by atoms with Gasteiger partial charge in [0.2, 0.25) is 0 Å². The zero-order valence-electron chi connectivity index (χ0n) is 10.1. The number of thiophene rings is 1. The molecule has 1 aromatic heterocycles. The van der Waals surface area contributed by atoms with E-state index in [1.807, 2.05) is 11.3 Å². The van der Waals surface area contributed by atoms with Crippen LogP contribution < -0.4 is 5.73 Å². The van der Waals surface area contributed by atoms with Crippen LogP contribution >= 0.6 is 11.3 Å². The highest BCUT2D eigenvalue weighted by Gasteiger charge is 2.24. The van der Waals surface area contributed by atoms with E-state index in [4.69, 9.17) is 5.73 Å². The van der Waals surface area contributed by atoms with E-state index in [2.05, 4.69) is 35.2 Å². The van der Waals surface area contributed by atoms with E-state index >= 15 is 0 Å². The van der Waals surface area contributed by atoms with Gasteiger partial charge in [-0.15, -0.1) is 11.3 Å². The Bertz CT molecular complexity index is 329. The van der Waals surface area contributed by atoms with Crippen molar-refractivity contribution in [3.63, 3.8) is 0 Å². The second-order valence-electron chi connectivity index (χ2n) is 4.56. The number of hydrogen-bond acceptors (Lipinski definition) is 4. The Hall–Kier alpha value is -0.420. The molecule has 1 aliphatic rings. The summed E-state index contributed by atoms with van der Waals surface area (Å²) in [5.74, 6) is 0. The molecule has 1 aliphatic heterocycles. The van der Waals surface area contributed by atoms with Crippen molar-refractivity contribution in [1.82, 2.24) is 9.80 Å². The van der Waals surface area contributed by atoms with Crippen LogP contribution in [-0.2, 0) is 0 Å². The number of hydrogen-bond donors (Lipinski definition) is 1. The molecule has 0 aromatic carbocycles. The summed E-state index contributed by atoms with van der Waals surface area (Å²) >= 11 is 1.84. The van der Waals surface area contributed by atoms with Crippen LogP contribution in [-0.4, -0.2) is 49.6 Å². The van der Waals surface area contributed by atoms with E-state index in [0.717, 1.165) is 32.7 Å². The predicted molar refractivity (Wildman–Crippen MR) is 69.9 cm³/mol. The summed E-state index contributed by atoms with van der Waals surface area (Å²) in [5, 5.41) is 2.17. The van der Waals surface area contributed by atoms with Gasteiger partial charge in [-0.25, -0.2) is 0 Å². The van der Waals surface area contributed by atoms with Crippen molar-refractivity contribution in [2.75, 3.05) is 39.8 Å². The predicted octanol–water partition coefficient (Wildman–Crippen LogP) is 1.30. The first-order valence-corrected chi connectivity index (χ1v) is 6.77. The van der Waals surface area contributed by atoms with Gasteiger partial charge in [0, 0.05) is 37.6 Å². The SMILES string of the molecule is Cc1ccsc1C(CN)N1CCN(C)CC1. The summed E-state index contributed by atoms with van der Waals surface area (Å²) in [6, 6.07) is 2.62. The maximum atomic E-state index is 5.95. The number of rotatable bonds is 3. The minimum atomic E-state index is 0.425. The van der Waals surface area contributed by atoms with Crippen LogP contribution in [0.3, 0.4) is 0 Å². The number of nitrogens with zero attached hydrogens (tertiary/aromatic N) is 2. The fourth-order valence-electron chi connectivity index (χ4n) is 2.28. The lowest BCUT2D eigenvalue weighted by Crippen LogP contribution is -2.47. The van der Waals surface area contributed by atoms with E-state index in [0.29, 0.717) is 6.04 Å². The summed E-state index contributed by atoms with van der Waals surface area (Å²) in [6.45, 7) is 7.49. The van der Waals surface area contributed by atoms with Gasteiger partial charge in [-0.3, -0.25) is 4.90 Å². The van der Waals surface area contributed by atoms with Crippen molar-refractivity contribution < 1.29 is 0 Å². The third-order valence-electron chi connectivity index (χ3n) is 3.41. The molecule has 0 spiro atoms. The van der Waals surface area contributed by atoms with Gasteiger partial charge in [-0.2, -0.15) is 0 Å². The minimum Gasteiger partial charge on any atom is -0.329 e. The molecule has 3 nitrogen and oxygen atoms in total. The molecule has 90 valence electrons. The van der Waals surface area contributed by atoms with E-state index in [-0.39, 0.29) is 0 Å². The lowest BCUT2D eigenvalue weighted by Gasteiger charge is -2.37. The van der Waals surface area contributed by atoms with Gasteiger partial charge >= 0.3 is 0 Å². The van der Waals surface area contributed by atoms with Crippen LogP contribution in [0.5, 0.6) is 0 Å². The highest BCUT2D eigenvalue weighted by molar-refractivity contribution is 7.10. The van der Waals surface area contributed by atoms with E-state index in [9.17, 15) is 0 Å². The first-order valence-electron chi connectivity index (χ1n) is 5.89. The van der Waals surface area contributed by atoms with Crippen molar-refractivity contribution in [2.45, 2.75) is 13.0 Å². The van der Waals surface area contributed by atoms with Crippen LogP contribution in [0, 0.1) is 6.92 Å². The lowest BCUT2D eigenvalue weighted by atomic mass is 10.1. The van der Waals surface area contributed by atoms with E-state index < -0.39 is 0 Å². The molecule has 2 N–H and O–H groups in total. The summed E-state index contributed by atoms with van der Waals surface area (Å²) in [5.41, 5.74) is 7.34. The van der Waals surface area contributed by atoms with Gasteiger partial charge in [-0.05, 0) is 31.0 Å². The van der Waals surface area contributed by atoms with Crippen molar-refractivity contribution in [3.05, 3.63) is 21.9 Å². The fraction of sp³-hybridized carbons (Fsp3) is 0.667. The van der Waals surface area contributed by atoms with Gasteiger partial charge in [0.15, 0.2) is 0 Å². The molecule has 1 saturated heterocycles. The summed E-state index contributed by atoms with van der Waals surface area (Å²) in [4.78, 5) is 6.36. The first-order chi connectivity index (χ1) is 7.72. The van der Waals surface area contributed by atoms with Crippen molar-refractivity contribution in [3.8, 4) is 0 Å². The molecule has 16 heavy (non-hydrogen) atoms. The molecular weight excluding hydrogens is 218 g/mol. The summed E-state index contributed by atoms with van der Waals surface area (Å²) in [7, 11) is 2.19. The molecule has 1 aromatic rings. The second kappa shape index (κ2) is 5.27. The average molecular weight is 239 g/mol. The van der Waals surface area contributed by atoms with Crippen LogP contribution in [0.2, 0.25) is 0 Å². The number of aryl methyl sites for hydroxylation is 1. The van der Waals surface area contributed by atoms with Gasteiger partial charge in [0.05, 0.1) is 6.04 Å². The number of likely N-dealkylation sites (N-methyl/N-ethyl adjacent to an activating group) is 1. The monoisotopic (exact) mass is 239 g/mol. The highest BCUT2D eigenvalue weighted by Crippen LogP contribution is 2.28. The molecule has 2 rings (SSSR count). The molecule has 2 heterocycles. The second-order valence-corrected chi connectivity index (χ2v) is 5.51. The number of nitrogens with two attached hydrogens (primary N) is 1. The zero-order valence-corrected chi connectivity index (χ0v) is 11.0. The molecule has 0 amide bonds. The maximum absolute atomic E-state index is 5.95. The molecule has 1 unspecified atom stereocenters. The smallest absolute Gasteiger partial charge is 0.0567 e. The molecule has 0 radical (unpaired) electrons. The van der Waals surface area contributed by atoms with Crippen molar-refractivity contribution >= 4 is 11.3 Å². The molecule has 1 atom stereocenters. The van der Waals surface area contributed by atoms with Crippen LogP contribution in [0.1, 0.15) is 16.5 Å². The Morgan fingerprint density at radius 2 is 2.06 bits per heavy atom. The third-order valence-corrected chi connectivity index (χ3v) is 4.53. The quantitative estimate of drug-likeness (QED) is 0.863. The molecule has 1 fully saturated rings. The average Bonchev–Trinajstić information content (AvgIpc) is 2.69.